The molecule has 3 N–H and O–H groups in total. The zero-order valence-electron chi connectivity index (χ0n) is 12.5. The van der Waals surface area contributed by atoms with Crippen LogP contribution in [-0.2, 0) is 9.84 Å². The molecule has 1 fully saturated rings. The second kappa shape index (κ2) is 5.84. The molecule has 1 saturated carbocycles. The Morgan fingerprint density at radius 2 is 2.10 bits per heavy atom. The van der Waals surface area contributed by atoms with Gasteiger partial charge in [-0.2, -0.15) is 0 Å². The van der Waals surface area contributed by atoms with Gasteiger partial charge in [-0.05, 0) is 25.7 Å². The lowest BCUT2D eigenvalue weighted by atomic mass is 10.3. The van der Waals surface area contributed by atoms with Crippen molar-refractivity contribution in [3.8, 4) is 0 Å². The molecule has 0 aliphatic heterocycles. The molecule has 0 radical (unpaired) electrons. The summed E-state index contributed by atoms with van der Waals surface area (Å²) >= 11 is 1.15. The summed E-state index contributed by atoms with van der Waals surface area (Å²) in [4.78, 5) is 14.3. The molecular formula is C13H21N3O3S2. The van der Waals surface area contributed by atoms with Gasteiger partial charge >= 0.3 is 0 Å². The Hall–Kier alpha value is -1.28. The van der Waals surface area contributed by atoms with E-state index in [4.69, 9.17) is 5.73 Å². The highest BCUT2D eigenvalue weighted by atomic mass is 32.2. The standard InChI is InChI=1S/C13H21N3O3S2/c1-4-15-12(17)10-9(14)11(21(3,18)19)13(20-10)16(2)7-8-5-6-8/h8H,4-7,14H2,1-3H3,(H,15,17). The number of carbonyl (C=O) groups is 1. The number of rotatable bonds is 6. The minimum atomic E-state index is -3.49. The maximum absolute atomic E-state index is 12.0. The maximum Gasteiger partial charge on any atom is 0.263 e. The van der Waals surface area contributed by atoms with Gasteiger partial charge in [0.05, 0.1) is 5.69 Å². The third kappa shape index (κ3) is 3.49. The third-order valence-corrected chi connectivity index (χ3v) is 5.97. The second-order valence-corrected chi connectivity index (χ2v) is 8.39. The van der Waals surface area contributed by atoms with Crippen molar-refractivity contribution in [2.75, 3.05) is 37.0 Å². The number of nitrogens with zero attached hydrogens (tertiary/aromatic N) is 1. The van der Waals surface area contributed by atoms with E-state index in [1.807, 2.05) is 11.9 Å². The fraction of sp³-hybridized carbons (Fsp3) is 0.615. The molecule has 6 nitrogen and oxygen atoms in total. The number of hydrogen-bond acceptors (Lipinski definition) is 6. The molecule has 1 aromatic rings. The number of amides is 1. The van der Waals surface area contributed by atoms with Crippen LogP contribution in [0.1, 0.15) is 29.4 Å². The number of thiophene rings is 1. The lowest BCUT2D eigenvalue weighted by molar-refractivity contribution is 0.0960. The van der Waals surface area contributed by atoms with Crippen LogP contribution in [0, 0.1) is 5.92 Å². The highest BCUT2D eigenvalue weighted by Gasteiger charge is 2.31. The second-order valence-electron chi connectivity index (χ2n) is 5.43. The fourth-order valence-corrected chi connectivity index (χ4v) is 4.83. The summed E-state index contributed by atoms with van der Waals surface area (Å²) < 4.78 is 24.1. The molecule has 1 aliphatic rings. The van der Waals surface area contributed by atoms with Gasteiger partial charge in [-0.15, -0.1) is 11.3 Å². The number of sulfone groups is 1. The minimum absolute atomic E-state index is 0.0612. The van der Waals surface area contributed by atoms with Crippen molar-refractivity contribution in [1.82, 2.24) is 5.32 Å². The molecule has 118 valence electrons. The molecule has 0 atom stereocenters. The molecule has 8 heteroatoms. The van der Waals surface area contributed by atoms with E-state index in [0.717, 1.165) is 24.1 Å². The molecule has 1 aliphatic carbocycles. The van der Waals surface area contributed by atoms with Crippen LogP contribution in [0.25, 0.3) is 0 Å². The van der Waals surface area contributed by atoms with E-state index in [0.29, 0.717) is 17.5 Å². The Kier molecular flexibility index (Phi) is 4.48. The van der Waals surface area contributed by atoms with Crippen molar-refractivity contribution in [1.29, 1.82) is 0 Å². The first-order valence-corrected chi connectivity index (χ1v) is 9.58. The summed E-state index contributed by atoms with van der Waals surface area (Å²) in [6, 6.07) is 0. The smallest absolute Gasteiger partial charge is 0.263 e. The lowest BCUT2D eigenvalue weighted by Crippen LogP contribution is -2.22. The summed E-state index contributed by atoms with van der Waals surface area (Å²) in [6.07, 6.45) is 3.46. The first kappa shape index (κ1) is 16.1. The van der Waals surface area contributed by atoms with Gasteiger partial charge in [0.1, 0.15) is 14.8 Å². The van der Waals surface area contributed by atoms with Crippen molar-refractivity contribution < 1.29 is 13.2 Å². The Morgan fingerprint density at radius 3 is 2.57 bits per heavy atom. The van der Waals surface area contributed by atoms with Crippen molar-refractivity contribution in [2.24, 2.45) is 5.92 Å². The lowest BCUT2D eigenvalue weighted by Gasteiger charge is -2.18. The number of hydrogen-bond donors (Lipinski definition) is 2. The van der Waals surface area contributed by atoms with E-state index in [1.54, 1.807) is 6.92 Å². The third-order valence-electron chi connectivity index (χ3n) is 3.37. The topological polar surface area (TPSA) is 92.5 Å². The summed E-state index contributed by atoms with van der Waals surface area (Å²) in [6.45, 7) is 3.06. The molecule has 0 spiro atoms. The van der Waals surface area contributed by atoms with Gasteiger partial charge in [0.25, 0.3) is 5.91 Å². The number of nitrogens with two attached hydrogens (primary N) is 1. The molecule has 0 unspecified atom stereocenters. The Balaban J connectivity index is 2.46. The number of anilines is 2. The van der Waals surface area contributed by atoms with Gasteiger partial charge in [0, 0.05) is 26.4 Å². The fourth-order valence-electron chi connectivity index (χ4n) is 2.21. The zero-order chi connectivity index (χ0) is 15.8. The number of carbonyl (C=O) groups excluding carboxylic acids is 1. The molecule has 1 amide bonds. The number of nitrogens with one attached hydrogen (secondary N) is 1. The van der Waals surface area contributed by atoms with Crippen LogP contribution in [0.4, 0.5) is 10.7 Å². The minimum Gasteiger partial charge on any atom is -0.396 e. The molecule has 0 aromatic carbocycles. The van der Waals surface area contributed by atoms with Crippen LogP contribution in [0.15, 0.2) is 4.90 Å². The highest BCUT2D eigenvalue weighted by Crippen LogP contribution is 2.42. The van der Waals surface area contributed by atoms with Crippen LogP contribution in [0.5, 0.6) is 0 Å². The molecule has 21 heavy (non-hydrogen) atoms. The van der Waals surface area contributed by atoms with Gasteiger partial charge in [0.15, 0.2) is 9.84 Å². The first-order chi connectivity index (χ1) is 9.75. The van der Waals surface area contributed by atoms with Crippen molar-refractivity contribution in [3.05, 3.63) is 4.88 Å². The SMILES string of the molecule is CCNC(=O)c1sc(N(C)CC2CC2)c(S(C)(=O)=O)c1N. The van der Waals surface area contributed by atoms with E-state index in [9.17, 15) is 13.2 Å². The van der Waals surface area contributed by atoms with Crippen molar-refractivity contribution in [3.63, 3.8) is 0 Å². The molecule has 0 saturated heterocycles. The molecular weight excluding hydrogens is 310 g/mol. The van der Waals surface area contributed by atoms with Gasteiger partial charge in [-0.25, -0.2) is 8.42 Å². The van der Waals surface area contributed by atoms with Crippen LogP contribution in [0.2, 0.25) is 0 Å². The molecule has 1 heterocycles. The van der Waals surface area contributed by atoms with Gasteiger partial charge in [-0.3, -0.25) is 4.79 Å². The Labute approximate surface area is 129 Å². The van der Waals surface area contributed by atoms with Crippen LogP contribution in [-0.4, -0.2) is 40.7 Å². The van der Waals surface area contributed by atoms with Gasteiger partial charge < -0.3 is 16.0 Å². The Bertz CT molecular complexity index is 648. The van der Waals surface area contributed by atoms with E-state index in [2.05, 4.69) is 5.32 Å². The van der Waals surface area contributed by atoms with Crippen molar-refractivity contribution >= 4 is 37.8 Å². The Morgan fingerprint density at radius 1 is 1.48 bits per heavy atom. The summed E-state index contributed by atoms with van der Waals surface area (Å²) in [5, 5.41) is 3.22. The zero-order valence-corrected chi connectivity index (χ0v) is 14.1. The quantitative estimate of drug-likeness (QED) is 0.820. The highest BCUT2D eigenvalue weighted by molar-refractivity contribution is 7.91. The molecule has 0 bridgehead atoms. The van der Waals surface area contributed by atoms with E-state index in [1.165, 1.54) is 12.8 Å². The first-order valence-electron chi connectivity index (χ1n) is 6.87. The summed E-state index contributed by atoms with van der Waals surface area (Å²) in [7, 11) is -1.64. The normalized spacial score (nSPS) is 15.0. The predicted octanol–water partition coefficient (Wildman–Crippen LogP) is 1.33. The number of nitrogen functional groups attached to an aromatic ring is 1. The monoisotopic (exact) mass is 331 g/mol. The summed E-state index contributed by atoms with van der Waals surface area (Å²) in [5.74, 6) is 0.287. The van der Waals surface area contributed by atoms with Crippen LogP contribution in [0.3, 0.4) is 0 Å². The van der Waals surface area contributed by atoms with Crippen LogP contribution < -0.4 is 16.0 Å². The van der Waals surface area contributed by atoms with E-state index < -0.39 is 9.84 Å². The van der Waals surface area contributed by atoms with Gasteiger partial charge in [0.2, 0.25) is 0 Å². The average Bonchev–Trinajstić information content (AvgIpc) is 3.08. The van der Waals surface area contributed by atoms with E-state index >= 15 is 0 Å². The van der Waals surface area contributed by atoms with Gasteiger partial charge in [-0.1, -0.05) is 0 Å². The summed E-state index contributed by atoms with van der Waals surface area (Å²) in [5.41, 5.74) is 6.01. The largest absolute Gasteiger partial charge is 0.396 e. The molecule has 1 aromatic heterocycles. The van der Waals surface area contributed by atoms with Crippen LogP contribution >= 0.6 is 11.3 Å². The van der Waals surface area contributed by atoms with Crippen molar-refractivity contribution in [2.45, 2.75) is 24.7 Å². The predicted molar refractivity (Wildman–Crippen MR) is 85.8 cm³/mol. The maximum atomic E-state index is 12.0. The van der Waals surface area contributed by atoms with E-state index in [-0.39, 0.29) is 21.4 Å². The average molecular weight is 331 g/mol. The molecule has 2 rings (SSSR count).